The van der Waals surface area contributed by atoms with E-state index in [4.69, 9.17) is 0 Å². The van der Waals surface area contributed by atoms with Crippen LogP contribution in [0.15, 0.2) is 0 Å². The lowest BCUT2D eigenvalue weighted by Gasteiger charge is -2.20. The maximum absolute atomic E-state index is 11.0. The van der Waals surface area contributed by atoms with E-state index in [1.807, 2.05) is 6.92 Å². The lowest BCUT2D eigenvalue weighted by molar-refractivity contribution is -0.118. The predicted octanol–water partition coefficient (Wildman–Crippen LogP) is 1.74. The van der Waals surface area contributed by atoms with Crippen molar-refractivity contribution in [1.29, 1.82) is 0 Å². The van der Waals surface area contributed by atoms with Crippen LogP contribution >= 0.6 is 0 Å². The molecule has 1 aliphatic rings. The van der Waals surface area contributed by atoms with Crippen molar-refractivity contribution in [2.75, 3.05) is 6.54 Å². The van der Waals surface area contributed by atoms with Gasteiger partial charge in [-0.25, -0.2) is 0 Å². The zero-order valence-electron chi connectivity index (χ0n) is 8.31. The van der Waals surface area contributed by atoms with Gasteiger partial charge in [0.2, 0.25) is 0 Å². The predicted molar refractivity (Wildman–Crippen MR) is 50.1 cm³/mol. The van der Waals surface area contributed by atoms with E-state index in [2.05, 4.69) is 19.2 Å². The quantitative estimate of drug-likeness (QED) is 0.679. The van der Waals surface area contributed by atoms with Crippen LogP contribution in [0.4, 0.5) is 0 Å². The first-order valence-corrected chi connectivity index (χ1v) is 4.87. The molecule has 0 atom stereocenters. The monoisotopic (exact) mass is 169 g/mol. The molecule has 0 aliphatic heterocycles. The number of hydrogen-bond acceptors (Lipinski definition) is 2. The summed E-state index contributed by atoms with van der Waals surface area (Å²) in [5.41, 5.74) is 0.310. The molecule has 1 rings (SSSR count). The lowest BCUT2D eigenvalue weighted by Crippen LogP contribution is -2.39. The van der Waals surface area contributed by atoms with Gasteiger partial charge in [0.1, 0.15) is 5.78 Å². The number of ketones is 1. The van der Waals surface area contributed by atoms with E-state index >= 15 is 0 Å². The van der Waals surface area contributed by atoms with Gasteiger partial charge >= 0.3 is 0 Å². The third-order valence-corrected chi connectivity index (χ3v) is 2.93. The van der Waals surface area contributed by atoms with E-state index in [-0.39, 0.29) is 0 Å². The van der Waals surface area contributed by atoms with Crippen molar-refractivity contribution in [3.63, 3.8) is 0 Å². The minimum absolute atomic E-state index is 0.310. The Kier molecular flexibility index (Phi) is 2.89. The maximum Gasteiger partial charge on any atom is 0.146 e. The molecule has 2 heteroatoms. The van der Waals surface area contributed by atoms with Gasteiger partial charge in [-0.3, -0.25) is 4.79 Å². The van der Waals surface area contributed by atoms with Gasteiger partial charge in [-0.1, -0.05) is 20.8 Å². The summed E-state index contributed by atoms with van der Waals surface area (Å²) in [6, 6.07) is 0. The highest BCUT2D eigenvalue weighted by Gasteiger charge is 2.44. The highest BCUT2D eigenvalue weighted by molar-refractivity contribution is 5.80. The lowest BCUT2D eigenvalue weighted by atomic mass is 10.0. The summed E-state index contributed by atoms with van der Waals surface area (Å²) in [5, 5.41) is 3.37. The van der Waals surface area contributed by atoms with Crippen molar-refractivity contribution >= 4 is 5.78 Å². The van der Waals surface area contributed by atoms with E-state index in [1.54, 1.807) is 0 Å². The largest absolute Gasteiger partial charge is 0.304 e. The molecule has 0 radical (unpaired) electrons. The first kappa shape index (κ1) is 9.72. The normalized spacial score (nSPS) is 19.7. The Bertz CT molecular complexity index is 171. The van der Waals surface area contributed by atoms with Gasteiger partial charge in [0.15, 0.2) is 0 Å². The molecule has 0 spiro atoms. The zero-order valence-corrected chi connectivity index (χ0v) is 8.31. The summed E-state index contributed by atoms with van der Waals surface area (Å²) in [5.74, 6) is 0.976. The molecule has 1 saturated carbocycles. The van der Waals surface area contributed by atoms with E-state index < -0.39 is 0 Å². The molecule has 0 bridgehead atoms. The number of carbonyl (C=O) groups excluding carboxylic acids is 1. The molecule has 70 valence electrons. The number of carbonyl (C=O) groups is 1. The fraction of sp³-hybridized carbons (Fsp3) is 0.900. The van der Waals surface area contributed by atoms with Crippen LogP contribution in [-0.2, 0) is 4.79 Å². The highest BCUT2D eigenvalue weighted by Crippen LogP contribution is 2.41. The summed E-state index contributed by atoms with van der Waals surface area (Å²) in [7, 11) is 0. The number of hydrogen-bond donors (Lipinski definition) is 1. The van der Waals surface area contributed by atoms with Crippen molar-refractivity contribution in [2.24, 2.45) is 5.92 Å². The van der Waals surface area contributed by atoms with Gasteiger partial charge in [-0.2, -0.15) is 0 Å². The van der Waals surface area contributed by atoms with Crippen molar-refractivity contribution in [2.45, 2.75) is 45.6 Å². The Morgan fingerprint density at radius 3 is 2.42 bits per heavy atom. The van der Waals surface area contributed by atoms with Crippen LogP contribution in [0.3, 0.4) is 0 Å². The van der Waals surface area contributed by atoms with Gasteiger partial charge in [0, 0.05) is 12.0 Å². The van der Waals surface area contributed by atoms with E-state index in [9.17, 15) is 4.79 Å². The topological polar surface area (TPSA) is 29.1 Å². The first-order valence-electron chi connectivity index (χ1n) is 4.87. The standard InChI is InChI=1S/C10H19NO/c1-4-9(12)7-11-10(5-6-10)8(2)3/h8,11H,4-7H2,1-3H3. The van der Waals surface area contributed by atoms with E-state index in [0.717, 1.165) is 0 Å². The summed E-state index contributed by atoms with van der Waals surface area (Å²) in [4.78, 5) is 11.0. The van der Waals surface area contributed by atoms with Crippen molar-refractivity contribution in [1.82, 2.24) is 5.32 Å². The van der Waals surface area contributed by atoms with Crippen LogP contribution in [0.1, 0.15) is 40.0 Å². The Hall–Kier alpha value is -0.370. The van der Waals surface area contributed by atoms with E-state index in [0.29, 0.717) is 30.2 Å². The Balaban J connectivity index is 2.27. The van der Waals surface area contributed by atoms with Gasteiger partial charge in [0.05, 0.1) is 6.54 Å². The van der Waals surface area contributed by atoms with Crippen molar-refractivity contribution in [3.8, 4) is 0 Å². The van der Waals surface area contributed by atoms with E-state index in [1.165, 1.54) is 12.8 Å². The van der Waals surface area contributed by atoms with Crippen LogP contribution in [0.2, 0.25) is 0 Å². The van der Waals surface area contributed by atoms with Crippen molar-refractivity contribution in [3.05, 3.63) is 0 Å². The fourth-order valence-corrected chi connectivity index (χ4v) is 1.49. The smallest absolute Gasteiger partial charge is 0.146 e. The average molecular weight is 169 g/mol. The zero-order chi connectivity index (χ0) is 9.19. The average Bonchev–Trinajstić information content (AvgIpc) is 2.81. The molecule has 0 amide bonds. The molecule has 0 heterocycles. The third kappa shape index (κ3) is 2.07. The molecule has 0 aromatic rings. The van der Waals surface area contributed by atoms with Gasteiger partial charge in [-0.05, 0) is 18.8 Å². The molecule has 0 unspecified atom stereocenters. The Labute approximate surface area is 74.7 Å². The molecule has 1 N–H and O–H groups in total. The highest BCUT2D eigenvalue weighted by atomic mass is 16.1. The minimum Gasteiger partial charge on any atom is -0.304 e. The SMILES string of the molecule is CCC(=O)CNC1(C(C)C)CC1. The first-order chi connectivity index (χ1) is 5.60. The molecule has 0 aromatic heterocycles. The van der Waals surface area contributed by atoms with Gasteiger partial charge in [-0.15, -0.1) is 0 Å². The summed E-state index contributed by atoms with van der Waals surface area (Å²) in [6.07, 6.45) is 3.13. The Morgan fingerprint density at radius 1 is 1.50 bits per heavy atom. The maximum atomic E-state index is 11.0. The molecular weight excluding hydrogens is 150 g/mol. The third-order valence-electron chi connectivity index (χ3n) is 2.93. The summed E-state index contributed by atoms with van der Waals surface area (Å²) < 4.78 is 0. The number of Topliss-reactive ketones (excluding diaryl/α,β-unsaturated/α-hetero) is 1. The molecule has 2 nitrogen and oxygen atoms in total. The molecule has 1 aliphatic carbocycles. The summed E-state index contributed by atoms with van der Waals surface area (Å²) in [6.45, 7) is 6.92. The molecule has 1 fully saturated rings. The van der Waals surface area contributed by atoms with Crippen LogP contribution in [0, 0.1) is 5.92 Å². The fourth-order valence-electron chi connectivity index (χ4n) is 1.49. The van der Waals surface area contributed by atoms with Gasteiger partial charge in [0.25, 0.3) is 0 Å². The van der Waals surface area contributed by atoms with Crippen LogP contribution in [-0.4, -0.2) is 17.9 Å². The second-order valence-corrected chi connectivity index (χ2v) is 4.06. The molecular formula is C10H19NO. The van der Waals surface area contributed by atoms with Crippen LogP contribution in [0.25, 0.3) is 0 Å². The molecule has 12 heavy (non-hydrogen) atoms. The Morgan fingerprint density at radius 2 is 2.08 bits per heavy atom. The van der Waals surface area contributed by atoms with Crippen LogP contribution < -0.4 is 5.32 Å². The molecule has 0 saturated heterocycles. The molecule has 0 aromatic carbocycles. The summed E-state index contributed by atoms with van der Waals surface area (Å²) >= 11 is 0. The van der Waals surface area contributed by atoms with Crippen LogP contribution in [0.5, 0.6) is 0 Å². The van der Waals surface area contributed by atoms with Gasteiger partial charge < -0.3 is 5.32 Å². The number of rotatable bonds is 5. The second-order valence-electron chi connectivity index (χ2n) is 4.06. The minimum atomic E-state index is 0.310. The van der Waals surface area contributed by atoms with Crippen molar-refractivity contribution < 1.29 is 4.79 Å². The second kappa shape index (κ2) is 3.56. The number of nitrogens with one attached hydrogen (secondary N) is 1.